The molecule has 9 nitrogen and oxygen atoms in total. The fraction of sp³-hybridized carbons (Fsp3) is 0.500. The lowest BCUT2D eigenvalue weighted by Crippen LogP contribution is -2.39. The van der Waals surface area contributed by atoms with Gasteiger partial charge in [0.25, 0.3) is 0 Å². The van der Waals surface area contributed by atoms with Crippen molar-refractivity contribution in [1.82, 2.24) is 29.9 Å². The molecule has 1 saturated heterocycles. The lowest BCUT2D eigenvalue weighted by atomic mass is 9.96. The monoisotopic (exact) mass is 423 g/mol. The van der Waals surface area contributed by atoms with Gasteiger partial charge < -0.3 is 9.64 Å². The first-order valence-corrected chi connectivity index (χ1v) is 10.7. The second-order valence-electron chi connectivity index (χ2n) is 8.06. The standard InChI is InChI=1S/C22H29N7O2/c1-4-28(15-17-5-6-19-20(11-17)27(2)26-25-19)14-16-7-9-29(10-8-16)22-23-12-18(13-24-22)21(30)31-3/h5-6,11-13,16H,4,7-10,14-15H2,1-3H3. The van der Waals surface area contributed by atoms with Crippen molar-refractivity contribution in [3.8, 4) is 0 Å². The van der Waals surface area contributed by atoms with Crippen molar-refractivity contribution in [3.63, 3.8) is 0 Å². The highest BCUT2D eigenvalue weighted by Gasteiger charge is 2.23. The maximum absolute atomic E-state index is 11.5. The number of ether oxygens (including phenoxy) is 1. The molecule has 1 aromatic carbocycles. The number of aryl methyl sites for hydroxylation is 1. The van der Waals surface area contributed by atoms with Gasteiger partial charge in [-0.3, -0.25) is 4.90 Å². The largest absolute Gasteiger partial charge is 0.465 e. The second-order valence-corrected chi connectivity index (χ2v) is 8.06. The molecule has 1 fully saturated rings. The number of hydrogen-bond acceptors (Lipinski definition) is 8. The summed E-state index contributed by atoms with van der Waals surface area (Å²) < 4.78 is 6.53. The molecule has 0 unspecified atom stereocenters. The Hall–Kier alpha value is -3.07. The van der Waals surface area contributed by atoms with Gasteiger partial charge in [-0.2, -0.15) is 0 Å². The Morgan fingerprint density at radius 1 is 1.23 bits per heavy atom. The minimum absolute atomic E-state index is 0.375. The van der Waals surface area contributed by atoms with E-state index in [1.54, 1.807) is 0 Å². The van der Waals surface area contributed by atoms with E-state index in [9.17, 15) is 4.79 Å². The van der Waals surface area contributed by atoms with Crippen LogP contribution < -0.4 is 4.90 Å². The number of nitrogens with zero attached hydrogens (tertiary/aromatic N) is 7. The number of methoxy groups -OCH3 is 1. The molecule has 0 radical (unpaired) electrons. The molecule has 31 heavy (non-hydrogen) atoms. The second kappa shape index (κ2) is 9.38. The molecule has 3 aromatic rings. The molecule has 0 saturated carbocycles. The summed E-state index contributed by atoms with van der Waals surface area (Å²) in [6.07, 6.45) is 5.27. The van der Waals surface area contributed by atoms with Crippen LogP contribution in [0.3, 0.4) is 0 Å². The fourth-order valence-corrected chi connectivity index (χ4v) is 4.13. The van der Waals surface area contributed by atoms with Crippen LogP contribution in [0.25, 0.3) is 11.0 Å². The molecule has 0 atom stereocenters. The molecule has 1 aliphatic rings. The number of anilines is 1. The lowest BCUT2D eigenvalue weighted by molar-refractivity contribution is 0.0600. The van der Waals surface area contributed by atoms with Gasteiger partial charge in [-0.25, -0.2) is 19.4 Å². The maximum atomic E-state index is 11.5. The topological polar surface area (TPSA) is 89.3 Å². The van der Waals surface area contributed by atoms with Crippen molar-refractivity contribution in [1.29, 1.82) is 0 Å². The third kappa shape index (κ3) is 4.82. The number of hydrogen-bond donors (Lipinski definition) is 0. The molecule has 2 aromatic heterocycles. The van der Waals surface area contributed by atoms with Gasteiger partial charge >= 0.3 is 5.97 Å². The molecule has 3 heterocycles. The van der Waals surface area contributed by atoms with E-state index in [1.165, 1.54) is 25.1 Å². The highest BCUT2D eigenvalue weighted by molar-refractivity contribution is 5.88. The van der Waals surface area contributed by atoms with E-state index in [4.69, 9.17) is 4.74 Å². The van der Waals surface area contributed by atoms with Crippen LogP contribution in [0.5, 0.6) is 0 Å². The molecular formula is C22H29N7O2. The molecule has 0 aliphatic carbocycles. The number of rotatable bonds is 7. The summed E-state index contributed by atoms with van der Waals surface area (Å²) in [5, 5.41) is 8.26. The summed E-state index contributed by atoms with van der Waals surface area (Å²) in [7, 11) is 3.28. The minimum atomic E-state index is -0.413. The van der Waals surface area contributed by atoms with Crippen LogP contribution in [0.1, 0.15) is 35.7 Å². The molecule has 4 rings (SSSR count). The number of esters is 1. The maximum Gasteiger partial charge on any atom is 0.341 e. The lowest BCUT2D eigenvalue weighted by Gasteiger charge is -2.34. The number of carbonyl (C=O) groups excluding carboxylic acids is 1. The van der Waals surface area contributed by atoms with E-state index < -0.39 is 5.97 Å². The van der Waals surface area contributed by atoms with E-state index in [2.05, 4.69) is 55.2 Å². The van der Waals surface area contributed by atoms with Gasteiger partial charge in [-0.1, -0.05) is 18.2 Å². The van der Waals surface area contributed by atoms with Crippen LogP contribution >= 0.6 is 0 Å². The number of fused-ring (bicyclic) bond motifs is 1. The Labute approximate surface area is 182 Å². The van der Waals surface area contributed by atoms with Crippen molar-refractivity contribution in [2.45, 2.75) is 26.3 Å². The molecule has 1 aliphatic heterocycles. The fourth-order valence-electron chi connectivity index (χ4n) is 4.13. The number of aromatic nitrogens is 5. The summed E-state index contributed by atoms with van der Waals surface area (Å²) in [6, 6.07) is 6.39. The van der Waals surface area contributed by atoms with E-state index in [-0.39, 0.29) is 0 Å². The van der Waals surface area contributed by atoms with Crippen LogP contribution in [0, 0.1) is 5.92 Å². The van der Waals surface area contributed by atoms with Gasteiger partial charge in [-0.15, -0.1) is 5.10 Å². The first-order chi connectivity index (χ1) is 15.1. The summed E-state index contributed by atoms with van der Waals surface area (Å²) in [4.78, 5) is 24.9. The smallest absolute Gasteiger partial charge is 0.341 e. The Morgan fingerprint density at radius 3 is 2.65 bits per heavy atom. The van der Waals surface area contributed by atoms with Gasteiger partial charge in [0.2, 0.25) is 5.95 Å². The first kappa shape index (κ1) is 21.2. The average molecular weight is 424 g/mol. The van der Waals surface area contributed by atoms with E-state index in [0.29, 0.717) is 17.4 Å². The van der Waals surface area contributed by atoms with E-state index >= 15 is 0 Å². The predicted octanol–water partition coefficient (Wildman–Crippen LogP) is 2.28. The molecule has 9 heteroatoms. The summed E-state index contributed by atoms with van der Waals surface area (Å²) in [5.41, 5.74) is 3.67. The van der Waals surface area contributed by atoms with Gasteiger partial charge in [0, 0.05) is 45.6 Å². The summed E-state index contributed by atoms with van der Waals surface area (Å²) in [5.74, 6) is 0.910. The van der Waals surface area contributed by atoms with E-state index in [1.807, 2.05) is 11.7 Å². The third-order valence-electron chi connectivity index (χ3n) is 6.00. The van der Waals surface area contributed by atoms with Gasteiger partial charge in [0.05, 0.1) is 18.2 Å². The van der Waals surface area contributed by atoms with Crippen molar-refractivity contribution >= 4 is 23.0 Å². The van der Waals surface area contributed by atoms with E-state index in [0.717, 1.165) is 56.6 Å². The molecule has 0 bridgehead atoms. The highest BCUT2D eigenvalue weighted by Crippen LogP contribution is 2.23. The number of carbonyl (C=O) groups is 1. The van der Waals surface area contributed by atoms with Crippen LogP contribution in [-0.2, 0) is 18.3 Å². The first-order valence-electron chi connectivity index (χ1n) is 10.7. The molecule has 164 valence electrons. The van der Waals surface area contributed by atoms with Crippen molar-refractivity contribution in [3.05, 3.63) is 41.7 Å². The van der Waals surface area contributed by atoms with Crippen molar-refractivity contribution in [2.75, 3.05) is 38.2 Å². The third-order valence-corrected chi connectivity index (χ3v) is 6.00. The predicted molar refractivity (Wildman–Crippen MR) is 118 cm³/mol. The average Bonchev–Trinajstić information content (AvgIpc) is 3.18. The SMILES string of the molecule is CCN(Cc1ccc2nnn(C)c2c1)CC1CCN(c2ncc(C(=O)OC)cn2)CC1. The van der Waals surface area contributed by atoms with Crippen molar-refractivity contribution < 1.29 is 9.53 Å². The van der Waals surface area contributed by atoms with Gasteiger partial charge in [0.15, 0.2) is 0 Å². The van der Waals surface area contributed by atoms with Gasteiger partial charge in [-0.05, 0) is 43.0 Å². The molecule has 0 spiro atoms. The Balaban J connectivity index is 1.31. The zero-order chi connectivity index (χ0) is 21.8. The Bertz CT molecular complexity index is 1030. The zero-order valence-corrected chi connectivity index (χ0v) is 18.4. The van der Waals surface area contributed by atoms with Crippen molar-refractivity contribution in [2.24, 2.45) is 13.0 Å². The molecule has 0 amide bonds. The Kier molecular flexibility index (Phi) is 6.41. The summed E-state index contributed by atoms with van der Waals surface area (Å²) in [6.45, 7) is 7.08. The highest BCUT2D eigenvalue weighted by atomic mass is 16.5. The quantitative estimate of drug-likeness (QED) is 0.535. The van der Waals surface area contributed by atoms with Crippen LogP contribution in [0.15, 0.2) is 30.6 Å². The number of benzene rings is 1. The minimum Gasteiger partial charge on any atom is -0.465 e. The van der Waals surface area contributed by atoms with Gasteiger partial charge in [0.1, 0.15) is 5.52 Å². The molecular weight excluding hydrogens is 394 g/mol. The van der Waals surface area contributed by atoms with Crippen LogP contribution in [0.4, 0.5) is 5.95 Å². The summed E-state index contributed by atoms with van der Waals surface area (Å²) >= 11 is 0. The normalized spacial score (nSPS) is 15.0. The van der Waals surface area contributed by atoms with Crippen LogP contribution in [-0.4, -0.2) is 69.1 Å². The molecule has 0 N–H and O–H groups in total. The zero-order valence-electron chi connectivity index (χ0n) is 18.4. The van der Waals surface area contributed by atoms with Crippen LogP contribution in [0.2, 0.25) is 0 Å². The Morgan fingerprint density at radius 2 is 1.97 bits per heavy atom. The number of piperidine rings is 1.